The van der Waals surface area contributed by atoms with E-state index in [2.05, 4.69) is 14.9 Å². The van der Waals surface area contributed by atoms with Crippen LogP contribution in [0.15, 0.2) is 58.5 Å². The van der Waals surface area contributed by atoms with E-state index in [1.54, 1.807) is 54.4 Å². The van der Waals surface area contributed by atoms with Crippen molar-refractivity contribution in [2.75, 3.05) is 11.0 Å². The molecule has 3 rings (SSSR count). The van der Waals surface area contributed by atoms with Gasteiger partial charge in [-0.3, -0.25) is 9.82 Å². The molecule has 108 valence electrons. The summed E-state index contributed by atoms with van der Waals surface area (Å²) in [4.78, 5) is 1.26. The van der Waals surface area contributed by atoms with E-state index in [4.69, 9.17) is 0 Å². The van der Waals surface area contributed by atoms with Gasteiger partial charge in [-0.1, -0.05) is 0 Å². The lowest BCUT2D eigenvalue weighted by Gasteiger charge is -2.08. The van der Waals surface area contributed by atoms with Crippen LogP contribution in [0.2, 0.25) is 0 Å². The Hall–Kier alpha value is -1.99. The Bertz CT molecular complexity index is 871. The number of rotatable bonds is 4. The summed E-state index contributed by atoms with van der Waals surface area (Å²) in [7, 11) is -3.58. The summed E-state index contributed by atoms with van der Waals surface area (Å²) in [5.74, 6) is 0. The largest absolute Gasteiger partial charge is 0.280 e. The summed E-state index contributed by atoms with van der Waals surface area (Å²) >= 11 is 1.57. The summed E-state index contributed by atoms with van der Waals surface area (Å²) in [6.07, 6.45) is 3.64. The van der Waals surface area contributed by atoms with Gasteiger partial charge in [0.2, 0.25) is 0 Å². The van der Waals surface area contributed by atoms with Crippen molar-refractivity contribution < 1.29 is 8.42 Å². The highest BCUT2D eigenvalue weighted by atomic mass is 32.2. The molecule has 7 heteroatoms. The third-order valence-corrected chi connectivity index (χ3v) is 5.20. The smallest absolute Gasteiger partial charge is 0.261 e. The predicted molar refractivity (Wildman–Crippen MR) is 85.1 cm³/mol. The molecule has 1 aromatic heterocycles. The monoisotopic (exact) mass is 319 g/mol. The second kappa shape index (κ2) is 5.42. The Morgan fingerprint density at radius 2 is 1.90 bits per heavy atom. The molecule has 0 aliphatic rings. The number of hydrogen-bond donors (Lipinski definition) is 2. The van der Waals surface area contributed by atoms with E-state index in [-0.39, 0.29) is 4.90 Å². The van der Waals surface area contributed by atoms with E-state index in [1.165, 1.54) is 0 Å². The van der Waals surface area contributed by atoms with Crippen LogP contribution in [0.4, 0.5) is 5.69 Å². The highest BCUT2D eigenvalue weighted by Gasteiger charge is 2.14. The van der Waals surface area contributed by atoms with Crippen molar-refractivity contribution in [2.24, 2.45) is 0 Å². The molecule has 0 atom stereocenters. The average molecular weight is 319 g/mol. The van der Waals surface area contributed by atoms with Gasteiger partial charge < -0.3 is 0 Å². The van der Waals surface area contributed by atoms with Gasteiger partial charge in [-0.2, -0.15) is 5.10 Å². The summed E-state index contributed by atoms with van der Waals surface area (Å²) < 4.78 is 27.2. The van der Waals surface area contributed by atoms with E-state index in [0.29, 0.717) is 5.69 Å². The second-order valence-corrected chi connectivity index (χ2v) is 7.02. The molecule has 0 saturated carbocycles. The molecule has 3 aromatic rings. The standard InChI is InChI=1S/C14H13N3O2S2/c1-20-12-4-6-13(7-5-12)21(18,19)17-11-3-2-10-9-15-16-14(10)8-11/h2-9,17H,1H3,(H,15,16). The molecular formula is C14H13N3O2S2. The van der Waals surface area contributed by atoms with Crippen molar-refractivity contribution in [2.45, 2.75) is 9.79 Å². The quantitative estimate of drug-likeness (QED) is 0.725. The molecular weight excluding hydrogens is 306 g/mol. The summed E-state index contributed by atoms with van der Waals surface area (Å²) in [6, 6.07) is 12.0. The molecule has 2 N–H and O–H groups in total. The van der Waals surface area contributed by atoms with Crippen LogP contribution in [0, 0.1) is 0 Å². The van der Waals surface area contributed by atoms with Crippen LogP contribution in [0.1, 0.15) is 0 Å². The number of aromatic amines is 1. The van der Waals surface area contributed by atoms with Crippen molar-refractivity contribution >= 4 is 38.4 Å². The Morgan fingerprint density at radius 1 is 1.14 bits per heavy atom. The van der Waals surface area contributed by atoms with Crippen LogP contribution >= 0.6 is 11.8 Å². The van der Waals surface area contributed by atoms with E-state index in [0.717, 1.165) is 15.8 Å². The van der Waals surface area contributed by atoms with Crippen molar-refractivity contribution in [3.63, 3.8) is 0 Å². The highest BCUT2D eigenvalue weighted by Crippen LogP contribution is 2.22. The Morgan fingerprint density at radius 3 is 2.62 bits per heavy atom. The Balaban J connectivity index is 1.90. The number of nitrogens with one attached hydrogen (secondary N) is 2. The molecule has 0 fully saturated rings. The average Bonchev–Trinajstić information content (AvgIpc) is 2.94. The molecule has 0 bridgehead atoms. The highest BCUT2D eigenvalue weighted by molar-refractivity contribution is 7.98. The molecule has 0 aliphatic carbocycles. The first-order chi connectivity index (χ1) is 10.1. The van der Waals surface area contributed by atoms with Gasteiger partial charge in [0.05, 0.1) is 22.3 Å². The third kappa shape index (κ3) is 2.88. The van der Waals surface area contributed by atoms with Gasteiger partial charge in [-0.25, -0.2) is 8.42 Å². The number of nitrogens with zero attached hydrogens (tertiary/aromatic N) is 1. The first-order valence-corrected chi connectivity index (χ1v) is 8.89. The maximum absolute atomic E-state index is 12.3. The molecule has 0 amide bonds. The van der Waals surface area contributed by atoms with Gasteiger partial charge in [0.1, 0.15) is 0 Å². The minimum Gasteiger partial charge on any atom is -0.280 e. The topological polar surface area (TPSA) is 74.8 Å². The van der Waals surface area contributed by atoms with Crippen LogP contribution in [0.25, 0.3) is 10.9 Å². The van der Waals surface area contributed by atoms with Crippen LogP contribution in [-0.4, -0.2) is 24.9 Å². The molecule has 5 nitrogen and oxygen atoms in total. The molecule has 0 saturated heterocycles. The summed E-state index contributed by atoms with van der Waals surface area (Å²) in [6.45, 7) is 0. The molecule has 0 spiro atoms. The second-order valence-electron chi connectivity index (χ2n) is 4.45. The first-order valence-electron chi connectivity index (χ1n) is 6.18. The fraction of sp³-hybridized carbons (Fsp3) is 0.0714. The number of sulfonamides is 1. The molecule has 1 heterocycles. The van der Waals surface area contributed by atoms with Gasteiger partial charge >= 0.3 is 0 Å². The first kappa shape index (κ1) is 14.0. The Labute approximate surface area is 126 Å². The lowest BCUT2D eigenvalue weighted by Crippen LogP contribution is -2.12. The summed E-state index contributed by atoms with van der Waals surface area (Å²) in [5, 5.41) is 7.66. The Kier molecular flexibility index (Phi) is 3.60. The molecule has 21 heavy (non-hydrogen) atoms. The van der Waals surface area contributed by atoms with Crippen LogP contribution in [-0.2, 0) is 10.0 Å². The lowest BCUT2D eigenvalue weighted by atomic mass is 10.2. The van der Waals surface area contributed by atoms with Crippen molar-refractivity contribution in [1.29, 1.82) is 0 Å². The number of hydrogen-bond acceptors (Lipinski definition) is 4. The zero-order valence-corrected chi connectivity index (χ0v) is 12.8. The zero-order valence-electron chi connectivity index (χ0n) is 11.2. The SMILES string of the molecule is CSc1ccc(S(=O)(=O)Nc2ccc3cn[nH]c3c2)cc1. The lowest BCUT2D eigenvalue weighted by molar-refractivity contribution is 0.601. The number of fused-ring (bicyclic) bond motifs is 1. The molecule has 0 aliphatic heterocycles. The number of thioether (sulfide) groups is 1. The number of aromatic nitrogens is 2. The normalized spacial score (nSPS) is 11.7. The van der Waals surface area contributed by atoms with Crippen LogP contribution in [0.5, 0.6) is 0 Å². The third-order valence-electron chi connectivity index (χ3n) is 3.06. The van der Waals surface area contributed by atoms with Gasteiger partial charge in [0.25, 0.3) is 10.0 Å². The minimum atomic E-state index is -3.58. The number of benzene rings is 2. The van der Waals surface area contributed by atoms with E-state index < -0.39 is 10.0 Å². The molecule has 0 radical (unpaired) electrons. The van der Waals surface area contributed by atoms with Gasteiger partial charge in [-0.15, -0.1) is 11.8 Å². The van der Waals surface area contributed by atoms with E-state index >= 15 is 0 Å². The predicted octanol–water partition coefficient (Wildman–Crippen LogP) is 3.09. The van der Waals surface area contributed by atoms with E-state index in [9.17, 15) is 8.42 Å². The van der Waals surface area contributed by atoms with Crippen molar-refractivity contribution in [1.82, 2.24) is 10.2 Å². The van der Waals surface area contributed by atoms with Crippen molar-refractivity contribution in [3.8, 4) is 0 Å². The number of anilines is 1. The van der Waals surface area contributed by atoms with Crippen molar-refractivity contribution in [3.05, 3.63) is 48.7 Å². The maximum Gasteiger partial charge on any atom is 0.261 e. The zero-order chi connectivity index (χ0) is 14.9. The van der Waals surface area contributed by atoms with Gasteiger partial charge in [0.15, 0.2) is 0 Å². The van der Waals surface area contributed by atoms with Crippen LogP contribution in [0.3, 0.4) is 0 Å². The summed E-state index contributed by atoms with van der Waals surface area (Å²) in [5.41, 5.74) is 1.29. The van der Waals surface area contributed by atoms with E-state index in [1.807, 2.05) is 12.3 Å². The molecule has 0 unspecified atom stereocenters. The fourth-order valence-electron chi connectivity index (χ4n) is 1.97. The van der Waals surface area contributed by atoms with Crippen LogP contribution < -0.4 is 4.72 Å². The molecule has 2 aromatic carbocycles. The fourth-order valence-corrected chi connectivity index (χ4v) is 3.43. The van der Waals surface area contributed by atoms with Gasteiger partial charge in [0, 0.05) is 10.3 Å². The minimum absolute atomic E-state index is 0.241. The van der Waals surface area contributed by atoms with Gasteiger partial charge in [-0.05, 0) is 48.7 Å². The maximum atomic E-state index is 12.3. The number of H-pyrrole nitrogens is 1.